The number of anilines is 1. The number of nitrogens with zero attached hydrogens (tertiary/aromatic N) is 1. The van der Waals surface area contributed by atoms with Crippen molar-refractivity contribution in [2.24, 2.45) is 5.92 Å². The Kier molecular flexibility index (Phi) is 6.80. The number of sulfonamides is 1. The van der Waals surface area contributed by atoms with Gasteiger partial charge in [-0.3, -0.25) is 4.79 Å². The van der Waals surface area contributed by atoms with Crippen LogP contribution in [0.3, 0.4) is 0 Å². The number of ether oxygens (including phenoxy) is 1. The summed E-state index contributed by atoms with van der Waals surface area (Å²) in [6, 6.07) is 11.3. The Morgan fingerprint density at radius 2 is 1.80 bits per heavy atom. The third-order valence-corrected chi connectivity index (χ3v) is 7.39. The summed E-state index contributed by atoms with van der Waals surface area (Å²) in [6.45, 7) is 2.26. The van der Waals surface area contributed by atoms with Gasteiger partial charge in [0.25, 0.3) is 0 Å². The summed E-state index contributed by atoms with van der Waals surface area (Å²) >= 11 is 6.18. The molecule has 160 valence electrons. The summed E-state index contributed by atoms with van der Waals surface area (Å²) in [6.07, 6.45) is 0.740. The lowest BCUT2D eigenvalue weighted by atomic mass is 9.97. The van der Waals surface area contributed by atoms with Gasteiger partial charge >= 0.3 is 5.97 Å². The highest BCUT2D eigenvalue weighted by Gasteiger charge is 2.34. The predicted octanol–water partition coefficient (Wildman–Crippen LogP) is 3.47. The Balaban J connectivity index is 1.69. The first-order chi connectivity index (χ1) is 14.2. The minimum absolute atomic E-state index is 0.00567. The Labute approximate surface area is 181 Å². The molecule has 3 rings (SSSR count). The molecule has 0 aliphatic carbocycles. The zero-order valence-electron chi connectivity index (χ0n) is 16.7. The number of hydrogen-bond donors (Lipinski definition) is 1. The van der Waals surface area contributed by atoms with Gasteiger partial charge in [0, 0.05) is 19.0 Å². The molecule has 0 radical (unpaired) electrons. The molecule has 2 aromatic rings. The number of hydrogen-bond acceptors (Lipinski definition) is 5. The number of piperidine rings is 1. The molecule has 30 heavy (non-hydrogen) atoms. The van der Waals surface area contributed by atoms with E-state index >= 15 is 0 Å². The van der Waals surface area contributed by atoms with Crippen molar-refractivity contribution in [1.29, 1.82) is 0 Å². The fraction of sp³-hybridized carbons (Fsp3) is 0.333. The smallest absolute Gasteiger partial charge is 0.339 e. The highest BCUT2D eigenvalue weighted by molar-refractivity contribution is 7.89. The number of halogens is 1. The SMILES string of the molecule is COC(=O)c1ccccc1S(=O)(=O)N1CCC(C(=O)Nc2ccc(C)cc2Cl)CC1. The van der Waals surface area contributed by atoms with E-state index < -0.39 is 16.0 Å². The molecule has 1 fully saturated rings. The summed E-state index contributed by atoms with van der Waals surface area (Å²) in [5, 5.41) is 3.28. The quantitative estimate of drug-likeness (QED) is 0.704. The van der Waals surface area contributed by atoms with E-state index in [0.29, 0.717) is 23.6 Å². The normalized spacial score (nSPS) is 15.6. The van der Waals surface area contributed by atoms with Crippen molar-refractivity contribution in [3.8, 4) is 0 Å². The Hall–Kier alpha value is -2.42. The van der Waals surface area contributed by atoms with Gasteiger partial charge in [-0.25, -0.2) is 13.2 Å². The zero-order chi connectivity index (χ0) is 21.9. The molecule has 1 N–H and O–H groups in total. The van der Waals surface area contributed by atoms with Crippen LogP contribution in [0, 0.1) is 12.8 Å². The molecule has 0 bridgehead atoms. The summed E-state index contributed by atoms with van der Waals surface area (Å²) in [5.41, 5.74) is 1.52. The van der Waals surface area contributed by atoms with E-state index in [1.54, 1.807) is 24.3 Å². The monoisotopic (exact) mass is 450 g/mol. The average molecular weight is 451 g/mol. The van der Waals surface area contributed by atoms with Gasteiger partial charge in [-0.1, -0.05) is 29.8 Å². The number of carbonyl (C=O) groups excluding carboxylic acids is 2. The van der Waals surface area contributed by atoms with E-state index in [4.69, 9.17) is 16.3 Å². The second-order valence-electron chi connectivity index (χ2n) is 7.14. The lowest BCUT2D eigenvalue weighted by molar-refractivity contribution is -0.120. The van der Waals surface area contributed by atoms with Gasteiger partial charge in [0.1, 0.15) is 0 Å². The van der Waals surface area contributed by atoms with Gasteiger partial charge in [-0.15, -0.1) is 0 Å². The van der Waals surface area contributed by atoms with Crippen molar-refractivity contribution in [2.75, 3.05) is 25.5 Å². The number of rotatable bonds is 5. The molecule has 1 saturated heterocycles. The van der Waals surface area contributed by atoms with Gasteiger partial charge in [-0.05, 0) is 49.6 Å². The van der Waals surface area contributed by atoms with E-state index in [9.17, 15) is 18.0 Å². The van der Waals surface area contributed by atoms with Crippen LogP contribution >= 0.6 is 11.6 Å². The minimum Gasteiger partial charge on any atom is -0.465 e. The van der Waals surface area contributed by atoms with Crippen molar-refractivity contribution in [1.82, 2.24) is 4.31 Å². The van der Waals surface area contributed by atoms with Crippen molar-refractivity contribution >= 4 is 39.2 Å². The van der Waals surface area contributed by atoms with Crippen LogP contribution in [0.4, 0.5) is 5.69 Å². The van der Waals surface area contributed by atoms with E-state index in [2.05, 4.69) is 5.32 Å². The van der Waals surface area contributed by atoms with E-state index in [-0.39, 0.29) is 35.4 Å². The first-order valence-corrected chi connectivity index (χ1v) is 11.3. The Morgan fingerprint density at radius 3 is 2.43 bits per heavy atom. The summed E-state index contributed by atoms with van der Waals surface area (Å²) in [7, 11) is -2.68. The summed E-state index contributed by atoms with van der Waals surface area (Å²) < 4.78 is 32.1. The van der Waals surface area contributed by atoms with Crippen LogP contribution in [-0.2, 0) is 19.6 Å². The number of methoxy groups -OCH3 is 1. The maximum Gasteiger partial charge on any atom is 0.339 e. The van der Waals surface area contributed by atoms with Crippen LogP contribution < -0.4 is 5.32 Å². The maximum atomic E-state index is 13.1. The zero-order valence-corrected chi connectivity index (χ0v) is 18.3. The van der Waals surface area contributed by atoms with E-state index in [1.807, 2.05) is 13.0 Å². The number of aryl methyl sites for hydroxylation is 1. The molecule has 0 saturated carbocycles. The number of carbonyl (C=O) groups is 2. The van der Waals surface area contributed by atoms with Crippen LogP contribution in [0.25, 0.3) is 0 Å². The van der Waals surface area contributed by atoms with Crippen LogP contribution in [0.15, 0.2) is 47.4 Å². The van der Waals surface area contributed by atoms with E-state index in [1.165, 1.54) is 23.5 Å². The Morgan fingerprint density at radius 1 is 1.13 bits per heavy atom. The lowest BCUT2D eigenvalue weighted by Gasteiger charge is -2.31. The number of esters is 1. The Bertz CT molecular complexity index is 1060. The van der Waals surface area contributed by atoms with Crippen LogP contribution in [-0.4, -0.2) is 44.8 Å². The highest BCUT2D eigenvalue weighted by atomic mass is 35.5. The molecule has 0 aromatic heterocycles. The predicted molar refractivity (Wildman–Crippen MR) is 114 cm³/mol. The molecule has 2 aromatic carbocycles. The van der Waals surface area contributed by atoms with Crippen molar-refractivity contribution in [3.05, 3.63) is 58.6 Å². The topological polar surface area (TPSA) is 92.8 Å². The molecule has 1 aliphatic rings. The fourth-order valence-corrected chi connectivity index (χ4v) is 5.36. The van der Waals surface area contributed by atoms with Crippen molar-refractivity contribution in [2.45, 2.75) is 24.7 Å². The second-order valence-corrected chi connectivity index (χ2v) is 9.45. The van der Waals surface area contributed by atoms with Crippen molar-refractivity contribution in [3.63, 3.8) is 0 Å². The molecular formula is C21H23ClN2O5S. The number of amides is 1. The largest absolute Gasteiger partial charge is 0.465 e. The molecule has 0 unspecified atom stereocenters. The third-order valence-electron chi connectivity index (χ3n) is 5.12. The fourth-order valence-electron chi connectivity index (χ4n) is 3.42. The van der Waals surface area contributed by atoms with Gasteiger partial charge in [0.2, 0.25) is 15.9 Å². The average Bonchev–Trinajstić information content (AvgIpc) is 2.75. The standard InChI is InChI=1S/C21H23ClN2O5S/c1-14-7-8-18(17(22)13-14)23-20(25)15-9-11-24(12-10-15)30(27,28)19-6-4-3-5-16(19)21(26)29-2/h3-8,13,15H,9-12H2,1-2H3,(H,23,25). The van der Waals surface area contributed by atoms with Crippen LogP contribution in [0.2, 0.25) is 5.02 Å². The van der Waals surface area contributed by atoms with E-state index in [0.717, 1.165) is 5.56 Å². The van der Waals surface area contributed by atoms with Gasteiger partial charge < -0.3 is 10.1 Å². The third kappa shape index (κ3) is 4.66. The molecular weight excluding hydrogens is 428 g/mol. The number of nitrogens with one attached hydrogen (secondary N) is 1. The molecule has 1 amide bonds. The summed E-state index contributed by atoms with van der Waals surface area (Å²) in [4.78, 5) is 24.5. The number of benzene rings is 2. The molecule has 1 aliphatic heterocycles. The van der Waals surface area contributed by atoms with Gasteiger partial charge in [-0.2, -0.15) is 4.31 Å². The second kappa shape index (κ2) is 9.16. The molecule has 1 heterocycles. The van der Waals surface area contributed by atoms with Crippen LogP contribution in [0.1, 0.15) is 28.8 Å². The molecule has 7 nitrogen and oxygen atoms in total. The van der Waals surface area contributed by atoms with Crippen LogP contribution in [0.5, 0.6) is 0 Å². The minimum atomic E-state index is -3.89. The van der Waals surface area contributed by atoms with Crippen molar-refractivity contribution < 1.29 is 22.7 Å². The maximum absolute atomic E-state index is 13.1. The van der Waals surface area contributed by atoms with Gasteiger partial charge in [0.15, 0.2) is 0 Å². The first-order valence-electron chi connectivity index (χ1n) is 9.48. The molecule has 9 heteroatoms. The molecule has 0 spiro atoms. The molecule has 0 atom stereocenters. The summed E-state index contributed by atoms with van der Waals surface area (Å²) in [5.74, 6) is -1.23. The first kappa shape index (κ1) is 22.3. The van der Waals surface area contributed by atoms with Gasteiger partial charge in [0.05, 0.1) is 28.3 Å². The lowest BCUT2D eigenvalue weighted by Crippen LogP contribution is -2.41. The highest BCUT2D eigenvalue weighted by Crippen LogP contribution is 2.28.